The van der Waals surface area contributed by atoms with Gasteiger partial charge in [0.1, 0.15) is 0 Å². The number of piperidine rings is 1. The lowest BCUT2D eigenvalue weighted by atomic mass is 9.98. The molecule has 1 saturated heterocycles. The number of carbonyl (C=O) groups is 1. The van der Waals surface area contributed by atoms with Gasteiger partial charge in [-0.15, -0.1) is 11.3 Å². The molecule has 176 valence electrons. The van der Waals surface area contributed by atoms with Crippen LogP contribution in [0.25, 0.3) is 10.7 Å². The second kappa shape index (κ2) is 8.94. The van der Waals surface area contributed by atoms with Gasteiger partial charge in [-0.2, -0.15) is 14.6 Å². The van der Waals surface area contributed by atoms with Gasteiger partial charge in [0.05, 0.1) is 27.3 Å². The van der Waals surface area contributed by atoms with E-state index in [0.29, 0.717) is 58.0 Å². The lowest BCUT2D eigenvalue weighted by Gasteiger charge is -2.31. The van der Waals surface area contributed by atoms with Gasteiger partial charge in [0.25, 0.3) is 0 Å². The third-order valence-electron chi connectivity index (χ3n) is 6.09. The first-order valence-electron chi connectivity index (χ1n) is 11.1. The summed E-state index contributed by atoms with van der Waals surface area (Å²) in [4.78, 5) is 18.8. The third-order valence-corrected chi connectivity index (χ3v) is 9.26. The number of hydrogen-bond acceptors (Lipinski definition) is 8. The number of thiophene rings is 1. The lowest BCUT2D eigenvalue weighted by molar-refractivity contribution is -0.120. The SMILES string of the molecule is Cc1sc(-c2noc(C3CC3)n2)cc1S(=O)(=O)N1CCC[C@H](C(=O)Nc2cccc(C#N)c2)C1. The molecule has 2 fully saturated rings. The standard InChI is InChI=1S/C23H23N5O4S2/c1-14-20(11-19(33-14)21-26-23(32-27-21)16-7-8-16)34(30,31)28-9-3-5-17(13-28)22(29)25-18-6-2-4-15(10-18)12-24/h2,4,6,10-11,16-17H,3,5,7-9,13H2,1H3,(H,25,29)/t17-/m0/s1. The van der Waals surface area contributed by atoms with Crippen LogP contribution in [0.3, 0.4) is 0 Å². The normalized spacial score (nSPS) is 19.0. The Kier molecular flexibility index (Phi) is 5.97. The number of aryl methyl sites for hydroxylation is 1. The smallest absolute Gasteiger partial charge is 0.244 e. The number of nitrogens with zero attached hydrogens (tertiary/aromatic N) is 4. The maximum atomic E-state index is 13.5. The van der Waals surface area contributed by atoms with Crippen LogP contribution in [0.15, 0.2) is 39.8 Å². The average Bonchev–Trinajstić information content (AvgIpc) is 3.43. The van der Waals surface area contributed by atoms with E-state index in [-0.39, 0.29) is 17.3 Å². The van der Waals surface area contributed by atoms with Crippen LogP contribution >= 0.6 is 11.3 Å². The number of carbonyl (C=O) groups excluding carboxylic acids is 1. The minimum atomic E-state index is -3.79. The molecule has 0 bridgehead atoms. The van der Waals surface area contributed by atoms with Gasteiger partial charge in [-0.1, -0.05) is 11.2 Å². The number of amides is 1. The van der Waals surface area contributed by atoms with Crippen molar-refractivity contribution < 1.29 is 17.7 Å². The fourth-order valence-electron chi connectivity index (χ4n) is 4.09. The first-order chi connectivity index (χ1) is 16.3. The van der Waals surface area contributed by atoms with Gasteiger partial charge >= 0.3 is 0 Å². The molecule has 34 heavy (non-hydrogen) atoms. The van der Waals surface area contributed by atoms with Gasteiger partial charge in [-0.25, -0.2) is 8.42 Å². The van der Waals surface area contributed by atoms with E-state index in [2.05, 4.69) is 15.5 Å². The maximum Gasteiger partial charge on any atom is 0.244 e. The molecule has 1 atom stereocenters. The largest absolute Gasteiger partial charge is 0.339 e. The summed E-state index contributed by atoms with van der Waals surface area (Å²) in [7, 11) is -3.79. The molecule has 2 aromatic heterocycles. The molecular weight excluding hydrogens is 474 g/mol. The number of nitriles is 1. The molecule has 11 heteroatoms. The van der Waals surface area contributed by atoms with Crippen molar-refractivity contribution >= 4 is 33.0 Å². The highest BCUT2D eigenvalue weighted by Crippen LogP contribution is 2.41. The van der Waals surface area contributed by atoms with Crippen molar-refractivity contribution in [2.24, 2.45) is 5.92 Å². The molecule has 0 spiro atoms. The minimum Gasteiger partial charge on any atom is -0.339 e. The Morgan fingerprint density at radius 3 is 2.88 bits per heavy atom. The van der Waals surface area contributed by atoms with Crippen LogP contribution in [0.5, 0.6) is 0 Å². The molecule has 1 aromatic carbocycles. The molecule has 1 aliphatic heterocycles. The summed E-state index contributed by atoms with van der Waals surface area (Å²) in [6.45, 7) is 2.22. The van der Waals surface area contributed by atoms with Crippen LogP contribution in [0.1, 0.15) is 47.9 Å². The number of hydrogen-bond donors (Lipinski definition) is 1. The zero-order valence-electron chi connectivity index (χ0n) is 18.5. The highest BCUT2D eigenvalue weighted by molar-refractivity contribution is 7.89. The summed E-state index contributed by atoms with van der Waals surface area (Å²) in [5.74, 6) is 0.607. The van der Waals surface area contributed by atoms with Crippen molar-refractivity contribution in [1.29, 1.82) is 5.26 Å². The number of benzene rings is 1. The quantitative estimate of drug-likeness (QED) is 0.547. The van der Waals surface area contributed by atoms with Crippen LogP contribution in [-0.4, -0.2) is 41.9 Å². The average molecular weight is 498 g/mol. The highest BCUT2D eigenvalue weighted by Gasteiger charge is 2.35. The van der Waals surface area contributed by atoms with Crippen molar-refractivity contribution in [1.82, 2.24) is 14.4 Å². The van der Waals surface area contributed by atoms with Crippen LogP contribution in [0.4, 0.5) is 5.69 Å². The minimum absolute atomic E-state index is 0.102. The molecule has 1 amide bonds. The number of nitrogens with one attached hydrogen (secondary N) is 1. The van der Waals surface area contributed by atoms with E-state index in [9.17, 15) is 13.2 Å². The lowest BCUT2D eigenvalue weighted by Crippen LogP contribution is -2.43. The summed E-state index contributed by atoms with van der Waals surface area (Å²) < 4.78 is 33.7. The molecule has 2 aliphatic rings. The molecular formula is C23H23N5O4S2. The summed E-state index contributed by atoms with van der Waals surface area (Å²) >= 11 is 1.32. The van der Waals surface area contributed by atoms with Crippen molar-refractivity contribution in [3.8, 4) is 16.8 Å². The van der Waals surface area contributed by atoms with Crippen LogP contribution in [-0.2, 0) is 14.8 Å². The molecule has 1 aliphatic carbocycles. The zero-order valence-corrected chi connectivity index (χ0v) is 20.2. The molecule has 5 rings (SSSR count). The number of aromatic nitrogens is 2. The Balaban J connectivity index is 1.32. The van der Waals surface area contributed by atoms with Gasteiger partial charge < -0.3 is 9.84 Å². The predicted octanol–water partition coefficient (Wildman–Crippen LogP) is 3.90. The van der Waals surface area contributed by atoms with Gasteiger partial charge in [0.15, 0.2) is 0 Å². The van der Waals surface area contributed by atoms with Crippen molar-refractivity contribution in [3.63, 3.8) is 0 Å². The zero-order chi connectivity index (χ0) is 23.9. The topological polar surface area (TPSA) is 129 Å². The van der Waals surface area contributed by atoms with E-state index < -0.39 is 15.9 Å². The number of sulfonamides is 1. The fraction of sp³-hybridized carbons (Fsp3) is 0.391. The second-order valence-corrected chi connectivity index (χ2v) is 11.8. The molecule has 1 saturated carbocycles. The molecule has 0 radical (unpaired) electrons. The molecule has 3 aromatic rings. The monoisotopic (exact) mass is 497 g/mol. The number of rotatable bonds is 6. The van der Waals surface area contributed by atoms with Crippen molar-refractivity contribution in [3.05, 3.63) is 46.7 Å². The van der Waals surface area contributed by atoms with Crippen LogP contribution < -0.4 is 5.32 Å². The first-order valence-corrected chi connectivity index (χ1v) is 13.4. The predicted molar refractivity (Wildman–Crippen MR) is 126 cm³/mol. The third kappa shape index (κ3) is 4.49. The van der Waals surface area contributed by atoms with Crippen molar-refractivity contribution in [2.75, 3.05) is 18.4 Å². The fourth-order valence-corrected chi connectivity index (χ4v) is 7.10. The van der Waals surface area contributed by atoms with Gasteiger partial charge in [-0.3, -0.25) is 4.79 Å². The van der Waals surface area contributed by atoms with Gasteiger partial charge in [0.2, 0.25) is 27.6 Å². The molecule has 1 N–H and O–H groups in total. The molecule has 3 heterocycles. The Morgan fingerprint density at radius 1 is 1.29 bits per heavy atom. The van der Waals surface area contributed by atoms with E-state index in [0.717, 1.165) is 12.8 Å². The van der Waals surface area contributed by atoms with Crippen LogP contribution in [0.2, 0.25) is 0 Å². The Hall–Kier alpha value is -3.07. The summed E-state index contributed by atoms with van der Waals surface area (Å²) in [6.07, 6.45) is 3.26. The number of anilines is 1. The second-order valence-electron chi connectivity index (χ2n) is 8.65. The van der Waals surface area contributed by atoms with E-state index in [4.69, 9.17) is 9.78 Å². The van der Waals surface area contributed by atoms with Crippen LogP contribution in [0, 0.1) is 24.2 Å². The molecule has 9 nitrogen and oxygen atoms in total. The Morgan fingerprint density at radius 2 is 2.12 bits per heavy atom. The van der Waals surface area contributed by atoms with E-state index in [1.165, 1.54) is 15.6 Å². The maximum absolute atomic E-state index is 13.5. The molecule has 0 unspecified atom stereocenters. The van der Waals surface area contributed by atoms with E-state index >= 15 is 0 Å². The van der Waals surface area contributed by atoms with E-state index in [1.807, 2.05) is 6.07 Å². The summed E-state index contributed by atoms with van der Waals surface area (Å²) in [5, 5.41) is 15.9. The van der Waals surface area contributed by atoms with Gasteiger partial charge in [0, 0.05) is 29.6 Å². The van der Waals surface area contributed by atoms with Crippen molar-refractivity contribution in [2.45, 2.75) is 43.4 Å². The van der Waals surface area contributed by atoms with Gasteiger partial charge in [-0.05, 0) is 56.9 Å². The highest BCUT2D eigenvalue weighted by atomic mass is 32.2. The Labute approximate surface area is 201 Å². The Bertz CT molecular complexity index is 1380. The summed E-state index contributed by atoms with van der Waals surface area (Å²) in [6, 6.07) is 10.3. The summed E-state index contributed by atoms with van der Waals surface area (Å²) in [5.41, 5.74) is 0.966. The van der Waals surface area contributed by atoms with E-state index in [1.54, 1.807) is 37.3 Å². The first kappa shape index (κ1) is 22.7.